The van der Waals surface area contributed by atoms with E-state index in [1.54, 1.807) is 0 Å². The number of hydrogen-bond donors (Lipinski definition) is 2. The van der Waals surface area contributed by atoms with Crippen molar-refractivity contribution in [2.24, 2.45) is 16.2 Å². The van der Waals surface area contributed by atoms with Crippen LogP contribution in [0.25, 0.3) is 0 Å². The van der Waals surface area contributed by atoms with E-state index in [0.717, 1.165) is 5.92 Å². The third kappa shape index (κ3) is 14.7. The third-order valence-electron chi connectivity index (χ3n) is 4.30. The molecule has 0 aromatic rings. The topological polar surface area (TPSA) is 40.5 Å². The van der Waals surface area contributed by atoms with Crippen molar-refractivity contribution in [2.75, 3.05) is 0 Å². The Bertz CT molecular complexity index is 247. The first-order valence-electron chi connectivity index (χ1n) is 7.02. The Balaban J connectivity index is -0.0000000774. The molecule has 22 heavy (non-hydrogen) atoms. The van der Waals surface area contributed by atoms with Crippen LogP contribution in [-0.4, -0.2) is 15.8 Å². The van der Waals surface area contributed by atoms with E-state index < -0.39 is 5.60 Å². The molecule has 0 bridgehead atoms. The van der Waals surface area contributed by atoms with Crippen molar-refractivity contribution in [3.8, 4) is 0 Å². The van der Waals surface area contributed by atoms with Crippen LogP contribution in [0, 0.1) is 28.8 Å². The van der Waals surface area contributed by atoms with Gasteiger partial charge in [-0.3, -0.25) is 5.92 Å². The molecule has 0 aromatic heterocycles. The van der Waals surface area contributed by atoms with Gasteiger partial charge >= 0.3 is 0 Å². The molecule has 0 saturated carbocycles. The maximum absolute atomic E-state index is 9.58. The average Bonchev–Trinajstić information content (AvgIpc) is 2.13. The average molecular weight is 734 g/mol. The van der Waals surface area contributed by atoms with Crippen LogP contribution in [0.15, 0.2) is 0 Å². The molecule has 0 aromatic carbocycles. The summed E-state index contributed by atoms with van der Waals surface area (Å²) in [6.07, 6.45) is 0. The molecule has 0 spiro atoms. The first-order chi connectivity index (χ1) is 7.97. The molecule has 3 radical (unpaired) electrons. The standard InChI is InChI=1S/C9H19O.C8H17O.2Re.Y/c1-7(8(2,3)4)9(5,6)10;1-7(2,3)8(4,5)6-9;;;/h10H,1-6H3;6,9H,1-5H3;;;/q2*-1;;;. The Morgan fingerprint density at radius 2 is 1.05 bits per heavy atom. The number of aliphatic hydroxyl groups excluding tert-OH is 1. The van der Waals surface area contributed by atoms with Crippen LogP contribution in [-0.2, 0) is 73.6 Å². The molecule has 5 heteroatoms. The Hall–Kier alpha value is 2.35. The molecule has 0 saturated heterocycles. The summed E-state index contributed by atoms with van der Waals surface area (Å²) in [7, 11) is 0. The third-order valence-corrected chi connectivity index (χ3v) is 4.30. The molecule has 0 aliphatic rings. The molecule has 0 aliphatic heterocycles. The Morgan fingerprint density at radius 1 is 0.773 bits per heavy atom. The molecule has 0 atom stereocenters. The minimum atomic E-state index is -0.641. The maximum atomic E-state index is 9.58. The van der Waals surface area contributed by atoms with E-state index in [-0.39, 0.29) is 89.8 Å². The zero-order valence-electron chi connectivity index (χ0n) is 16.3. The van der Waals surface area contributed by atoms with Gasteiger partial charge in [0.1, 0.15) is 0 Å². The molecule has 0 rings (SSSR count). The summed E-state index contributed by atoms with van der Waals surface area (Å²) in [5.74, 6) is 1.13. The largest absolute Gasteiger partial charge is 0.565 e. The predicted molar refractivity (Wildman–Crippen MR) is 84.1 cm³/mol. The van der Waals surface area contributed by atoms with Gasteiger partial charge in [0.05, 0.1) is 0 Å². The van der Waals surface area contributed by atoms with Gasteiger partial charge in [0.2, 0.25) is 0 Å². The quantitative estimate of drug-likeness (QED) is 0.394. The predicted octanol–water partition coefficient (Wildman–Crippen LogP) is 4.98. The summed E-state index contributed by atoms with van der Waals surface area (Å²) in [6.45, 7) is 23.6. The van der Waals surface area contributed by atoms with Gasteiger partial charge in [-0.15, -0.1) is 5.41 Å². The normalized spacial score (nSPS) is 12.3. The Morgan fingerprint density at radius 3 is 1.05 bits per heavy atom. The zero-order chi connectivity index (χ0) is 16.3. The van der Waals surface area contributed by atoms with Crippen LogP contribution in [0.1, 0.15) is 76.2 Å². The van der Waals surface area contributed by atoms with Crippen LogP contribution in [0.4, 0.5) is 0 Å². The first-order valence-corrected chi connectivity index (χ1v) is 7.02. The van der Waals surface area contributed by atoms with Crippen molar-refractivity contribution in [2.45, 2.75) is 81.8 Å². The van der Waals surface area contributed by atoms with Crippen LogP contribution in [0.3, 0.4) is 0 Å². The van der Waals surface area contributed by atoms with Gasteiger partial charge in [-0.2, -0.15) is 12.3 Å². The van der Waals surface area contributed by atoms with E-state index in [1.807, 2.05) is 34.6 Å². The van der Waals surface area contributed by atoms with E-state index in [9.17, 15) is 5.11 Å². The molecular formula is C17H36O2Re2Y-2. The Kier molecular flexibility index (Phi) is 20.4. The monoisotopic (exact) mass is 735 g/mol. The van der Waals surface area contributed by atoms with Gasteiger partial charge in [0.15, 0.2) is 0 Å². The molecule has 0 amide bonds. The van der Waals surface area contributed by atoms with Crippen molar-refractivity contribution < 1.29 is 83.8 Å². The zero-order valence-corrected chi connectivity index (χ0v) is 24.6. The summed E-state index contributed by atoms with van der Waals surface area (Å²) in [5, 5.41) is 18.4. The van der Waals surface area contributed by atoms with E-state index in [2.05, 4.69) is 41.5 Å². The van der Waals surface area contributed by atoms with Gasteiger partial charge in [-0.25, -0.2) is 6.61 Å². The summed E-state index contributed by atoms with van der Waals surface area (Å²) >= 11 is 0. The van der Waals surface area contributed by atoms with E-state index in [4.69, 9.17) is 5.11 Å². The minimum absolute atomic E-state index is 0. The maximum Gasteiger partial charge on any atom is 0 e. The van der Waals surface area contributed by atoms with Crippen LogP contribution in [0.2, 0.25) is 0 Å². The van der Waals surface area contributed by atoms with Gasteiger partial charge in [-0.05, 0) is 0 Å². The molecule has 135 valence electrons. The smallest absolute Gasteiger partial charge is 0 e. The van der Waals surface area contributed by atoms with Crippen LogP contribution in [0.5, 0.6) is 0 Å². The van der Waals surface area contributed by atoms with Gasteiger partial charge in [0, 0.05) is 73.6 Å². The summed E-state index contributed by atoms with van der Waals surface area (Å²) in [6, 6.07) is 0. The fourth-order valence-electron chi connectivity index (χ4n) is 1.11. The fourth-order valence-corrected chi connectivity index (χ4v) is 1.11. The van der Waals surface area contributed by atoms with Gasteiger partial charge in [-0.1, -0.05) is 80.3 Å². The van der Waals surface area contributed by atoms with Crippen molar-refractivity contribution >= 4 is 0 Å². The molecular weight excluding hydrogens is 698 g/mol. The van der Waals surface area contributed by atoms with Crippen molar-refractivity contribution in [1.29, 1.82) is 0 Å². The second-order valence-electron chi connectivity index (χ2n) is 8.53. The van der Waals surface area contributed by atoms with Crippen LogP contribution < -0.4 is 0 Å². The molecule has 0 fully saturated rings. The Labute approximate surface area is 192 Å². The summed E-state index contributed by atoms with van der Waals surface area (Å²) < 4.78 is 0. The minimum Gasteiger partial charge on any atom is -0.565 e. The number of aliphatic hydroxyl groups is 2. The molecule has 2 nitrogen and oxygen atoms in total. The molecule has 2 N–H and O–H groups in total. The number of rotatable bonds is 2. The SMILES string of the molecule is CC(C)(C)C(C)(C)[CH-]O.C[C-](C(C)(C)C)C(C)(C)O.[Re].[Re].[Y]. The van der Waals surface area contributed by atoms with Gasteiger partial charge < -0.3 is 10.2 Å². The van der Waals surface area contributed by atoms with E-state index >= 15 is 0 Å². The van der Waals surface area contributed by atoms with E-state index in [0.29, 0.717) is 0 Å². The second kappa shape index (κ2) is 12.7. The van der Waals surface area contributed by atoms with Crippen molar-refractivity contribution in [1.82, 2.24) is 0 Å². The summed E-state index contributed by atoms with van der Waals surface area (Å²) in [5.41, 5.74) is -0.481. The molecule has 0 heterocycles. The molecule has 0 unspecified atom stereocenters. The number of hydrogen-bond acceptors (Lipinski definition) is 2. The molecule has 0 aliphatic carbocycles. The fraction of sp³-hybridized carbons (Fsp3) is 0.882. The van der Waals surface area contributed by atoms with Crippen molar-refractivity contribution in [3.05, 3.63) is 12.5 Å². The second-order valence-corrected chi connectivity index (χ2v) is 8.53. The van der Waals surface area contributed by atoms with E-state index in [1.165, 1.54) is 6.61 Å². The van der Waals surface area contributed by atoms with Gasteiger partial charge in [0.25, 0.3) is 0 Å². The van der Waals surface area contributed by atoms with Crippen molar-refractivity contribution in [3.63, 3.8) is 0 Å². The first kappa shape index (κ1) is 35.5. The van der Waals surface area contributed by atoms with Crippen LogP contribution >= 0.6 is 0 Å². The summed E-state index contributed by atoms with van der Waals surface area (Å²) in [4.78, 5) is 0.